The number of ether oxygens (including phenoxy) is 3. The lowest BCUT2D eigenvalue weighted by atomic mass is 10.0. The Labute approximate surface area is 159 Å². The third kappa shape index (κ3) is 3.85. The predicted octanol–water partition coefficient (Wildman–Crippen LogP) is 2.99. The summed E-state index contributed by atoms with van der Waals surface area (Å²) in [5.41, 5.74) is 1.76. The van der Waals surface area contributed by atoms with Crippen molar-refractivity contribution in [2.75, 3.05) is 33.5 Å². The van der Waals surface area contributed by atoms with Gasteiger partial charge in [-0.15, -0.1) is 0 Å². The zero-order valence-corrected chi connectivity index (χ0v) is 15.4. The standard InChI is InChI=1S/C21H24N2O4/c1-25-17-7-4-15(5-8-17)21(24)22-13-18(23-10-2-3-11-23)16-6-9-19-20(12-16)27-14-26-19/h4-9,12,18H,2-3,10-11,13-14H2,1H3,(H,22,24)/t18-/m1/s1. The fraction of sp³-hybridized carbons (Fsp3) is 0.381. The number of likely N-dealkylation sites (tertiary alicyclic amines) is 1. The first-order valence-corrected chi connectivity index (χ1v) is 9.30. The van der Waals surface area contributed by atoms with Gasteiger partial charge in [-0.3, -0.25) is 9.69 Å². The molecule has 6 nitrogen and oxygen atoms in total. The molecule has 27 heavy (non-hydrogen) atoms. The zero-order valence-electron chi connectivity index (χ0n) is 15.4. The molecule has 142 valence electrons. The van der Waals surface area contributed by atoms with E-state index in [1.165, 1.54) is 12.8 Å². The molecule has 2 heterocycles. The number of amides is 1. The van der Waals surface area contributed by atoms with Gasteiger partial charge < -0.3 is 19.5 Å². The second-order valence-electron chi connectivity index (χ2n) is 6.81. The Morgan fingerprint density at radius 2 is 1.85 bits per heavy atom. The lowest BCUT2D eigenvalue weighted by Gasteiger charge is -2.28. The number of rotatable bonds is 6. The van der Waals surface area contributed by atoms with Gasteiger partial charge in [0.1, 0.15) is 5.75 Å². The van der Waals surface area contributed by atoms with Gasteiger partial charge in [-0.2, -0.15) is 0 Å². The summed E-state index contributed by atoms with van der Waals surface area (Å²) in [6.07, 6.45) is 2.38. The molecule has 1 saturated heterocycles. The van der Waals surface area contributed by atoms with Crippen LogP contribution in [-0.2, 0) is 0 Å². The number of hydrogen-bond acceptors (Lipinski definition) is 5. The van der Waals surface area contributed by atoms with E-state index >= 15 is 0 Å². The van der Waals surface area contributed by atoms with Crippen molar-refractivity contribution in [3.8, 4) is 17.2 Å². The van der Waals surface area contributed by atoms with Crippen LogP contribution >= 0.6 is 0 Å². The van der Waals surface area contributed by atoms with Crippen LogP contribution in [0.15, 0.2) is 42.5 Å². The maximum atomic E-state index is 12.6. The number of benzene rings is 2. The molecule has 0 aliphatic carbocycles. The van der Waals surface area contributed by atoms with Crippen LogP contribution in [0.1, 0.15) is 34.8 Å². The SMILES string of the molecule is COc1ccc(C(=O)NC[C@H](c2ccc3c(c2)OCO3)N2CCCC2)cc1. The summed E-state index contributed by atoms with van der Waals surface area (Å²) in [5, 5.41) is 3.09. The summed E-state index contributed by atoms with van der Waals surface area (Å²) in [4.78, 5) is 15.0. The van der Waals surface area contributed by atoms with E-state index in [9.17, 15) is 4.79 Å². The van der Waals surface area contributed by atoms with Gasteiger partial charge in [-0.05, 0) is 67.9 Å². The van der Waals surface area contributed by atoms with Gasteiger partial charge in [-0.1, -0.05) is 6.07 Å². The summed E-state index contributed by atoms with van der Waals surface area (Å²) in [7, 11) is 1.61. The van der Waals surface area contributed by atoms with Gasteiger partial charge in [0.25, 0.3) is 5.91 Å². The topological polar surface area (TPSA) is 60.0 Å². The van der Waals surface area contributed by atoms with Gasteiger partial charge in [-0.25, -0.2) is 0 Å². The van der Waals surface area contributed by atoms with Gasteiger partial charge in [0.2, 0.25) is 6.79 Å². The summed E-state index contributed by atoms with van der Waals surface area (Å²) in [6, 6.07) is 13.3. The lowest BCUT2D eigenvalue weighted by Crippen LogP contribution is -2.36. The molecule has 0 aromatic heterocycles. The summed E-state index contributed by atoms with van der Waals surface area (Å²) in [6.45, 7) is 2.89. The molecule has 2 aromatic carbocycles. The summed E-state index contributed by atoms with van der Waals surface area (Å²) in [5.74, 6) is 2.21. The fourth-order valence-electron chi connectivity index (χ4n) is 3.67. The Kier molecular flexibility index (Phi) is 5.16. The maximum Gasteiger partial charge on any atom is 0.251 e. The first-order chi connectivity index (χ1) is 13.2. The van der Waals surface area contributed by atoms with Crippen LogP contribution in [0.2, 0.25) is 0 Å². The number of fused-ring (bicyclic) bond motifs is 1. The van der Waals surface area contributed by atoms with Crippen molar-refractivity contribution < 1.29 is 19.0 Å². The highest BCUT2D eigenvalue weighted by atomic mass is 16.7. The molecule has 2 aromatic rings. The first kappa shape index (κ1) is 17.7. The molecular weight excluding hydrogens is 344 g/mol. The normalized spacial score (nSPS) is 16.9. The Bertz CT molecular complexity index is 800. The van der Waals surface area contributed by atoms with Crippen LogP contribution in [0.3, 0.4) is 0 Å². The van der Waals surface area contributed by atoms with E-state index in [2.05, 4.69) is 16.3 Å². The van der Waals surface area contributed by atoms with Gasteiger partial charge in [0.05, 0.1) is 13.2 Å². The minimum Gasteiger partial charge on any atom is -0.497 e. The van der Waals surface area contributed by atoms with Crippen molar-refractivity contribution in [2.24, 2.45) is 0 Å². The lowest BCUT2D eigenvalue weighted by molar-refractivity contribution is 0.0938. The Hall–Kier alpha value is -2.73. The molecular formula is C21H24N2O4. The average Bonchev–Trinajstić information content (AvgIpc) is 3.39. The van der Waals surface area contributed by atoms with Crippen LogP contribution in [0.25, 0.3) is 0 Å². The second kappa shape index (κ2) is 7.88. The molecule has 6 heteroatoms. The predicted molar refractivity (Wildman–Crippen MR) is 101 cm³/mol. The third-order valence-corrected chi connectivity index (χ3v) is 5.17. The summed E-state index contributed by atoms with van der Waals surface area (Å²) < 4.78 is 16.1. The van der Waals surface area contributed by atoms with Crippen LogP contribution in [0.4, 0.5) is 0 Å². The molecule has 2 aliphatic heterocycles. The quantitative estimate of drug-likeness (QED) is 0.849. The zero-order chi connectivity index (χ0) is 18.6. The minimum atomic E-state index is -0.0809. The van der Waals surface area contributed by atoms with Crippen LogP contribution in [0, 0.1) is 0 Å². The molecule has 1 atom stereocenters. The van der Waals surface area contributed by atoms with Crippen LogP contribution < -0.4 is 19.5 Å². The van der Waals surface area contributed by atoms with Crippen molar-refractivity contribution in [3.63, 3.8) is 0 Å². The molecule has 2 aliphatic rings. The van der Waals surface area contributed by atoms with E-state index in [-0.39, 0.29) is 18.7 Å². The van der Waals surface area contributed by atoms with Crippen molar-refractivity contribution in [1.29, 1.82) is 0 Å². The largest absolute Gasteiger partial charge is 0.497 e. The number of carbonyl (C=O) groups is 1. The highest BCUT2D eigenvalue weighted by Gasteiger charge is 2.26. The molecule has 0 radical (unpaired) electrons. The Morgan fingerprint density at radius 3 is 2.59 bits per heavy atom. The molecule has 0 spiro atoms. The van der Waals surface area contributed by atoms with Crippen molar-refractivity contribution in [3.05, 3.63) is 53.6 Å². The molecule has 0 saturated carbocycles. The molecule has 4 rings (SSSR count). The first-order valence-electron chi connectivity index (χ1n) is 9.30. The average molecular weight is 368 g/mol. The molecule has 1 N–H and O–H groups in total. The third-order valence-electron chi connectivity index (χ3n) is 5.17. The van der Waals surface area contributed by atoms with E-state index in [4.69, 9.17) is 14.2 Å². The van der Waals surface area contributed by atoms with Gasteiger partial charge >= 0.3 is 0 Å². The molecule has 1 amide bonds. The van der Waals surface area contributed by atoms with E-state index in [0.29, 0.717) is 12.1 Å². The molecule has 0 bridgehead atoms. The van der Waals surface area contributed by atoms with Crippen molar-refractivity contribution >= 4 is 5.91 Å². The number of carbonyl (C=O) groups excluding carboxylic acids is 1. The summed E-state index contributed by atoms with van der Waals surface area (Å²) >= 11 is 0. The highest BCUT2D eigenvalue weighted by Crippen LogP contribution is 2.36. The van der Waals surface area contributed by atoms with E-state index in [0.717, 1.165) is 35.9 Å². The molecule has 1 fully saturated rings. The Morgan fingerprint density at radius 1 is 1.11 bits per heavy atom. The Balaban J connectivity index is 1.48. The van der Waals surface area contributed by atoms with Crippen LogP contribution in [-0.4, -0.2) is 44.3 Å². The van der Waals surface area contributed by atoms with Crippen LogP contribution in [0.5, 0.6) is 17.2 Å². The monoisotopic (exact) mass is 368 g/mol. The second-order valence-corrected chi connectivity index (χ2v) is 6.81. The number of hydrogen-bond donors (Lipinski definition) is 1. The highest BCUT2D eigenvalue weighted by molar-refractivity contribution is 5.94. The maximum absolute atomic E-state index is 12.6. The number of methoxy groups -OCH3 is 1. The minimum absolute atomic E-state index is 0.0809. The van der Waals surface area contributed by atoms with Crippen molar-refractivity contribution in [2.45, 2.75) is 18.9 Å². The van der Waals surface area contributed by atoms with E-state index in [1.807, 2.05) is 12.1 Å². The van der Waals surface area contributed by atoms with Gasteiger partial charge in [0.15, 0.2) is 11.5 Å². The smallest absolute Gasteiger partial charge is 0.251 e. The van der Waals surface area contributed by atoms with E-state index in [1.54, 1.807) is 31.4 Å². The fourth-order valence-corrected chi connectivity index (χ4v) is 3.67. The number of nitrogens with zero attached hydrogens (tertiary/aromatic N) is 1. The van der Waals surface area contributed by atoms with Crippen molar-refractivity contribution in [1.82, 2.24) is 10.2 Å². The van der Waals surface area contributed by atoms with E-state index < -0.39 is 0 Å². The van der Waals surface area contributed by atoms with Gasteiger partial charge in [0, 0.05) is 12.1 Å². The number of nitrogens with one attached hydrogen (secondary N) is 1. The molecule has 0 unspecified atom stereocenters.